The summed E-state index contributed by atoms with van der Waals surface area (Å²) in [5.41, 5.74) is 0.00996. The van der Waals surface area contributed by atoms with Crippen LogP contribution >= 0.6 is 11.6 Å². The van der Waals surface area contributed by atoms with Crippen molar-refractivity contribution in [2.24, 2.45) is 0 Å². The Morgan fingerprint density at radius 2 is 2.04 bits per heavy atom. The molecule has 1 atom stereocenters. The molecule has 3 rings (SSSR count). The Hall–Kier alpha value is -2.06. The minimum atomic E-state index is -4.67. The molecular formula is C19H20ClF3N2O3. The number of nitrogens with zero attached hydrogens (tertiary/aromatic N) is 2. The number of ether oxygens (including phenoxy) is 1. The first-order chi connectivity index (χ1) is 13.1. The number of halogens is 4. The van der Waals surface area contributed by atoms with Crippen molar-refractivity contribution in [1.29, 1.82) is 0 Å². The van der Waals surface area contributed by atoms with Crippen LogP contribution in [0.25, 0.3) is 0 Å². The maximum absolute atomic E-state index is 13.0. The number of Topliss-reactive ketones (excluding diaryl/α,β-unsaturated/α-hetero) is 1. The van der Waals surface area contributed by atoms with Gasteiger partial charge in [0.1, 0.15) is 5.02 Å². The predicted molar refractivity (Wildman–Crippen MR) is 97.9 cm³/mol. The Morgan fingerprint density at radius 1 is 1.32 bits per heavy atom. The number of aromatic nitrogens is 2. The van der Waals surface area contributed by atoms with E-state index < -0.39 is 34.6 Å². The van der Waals surface area contributed by atoms with Crippen molar-refractivity contribution in [3.63, 3.8) is 0 Å². The number of alkyl halides is 3. The van der Waals surface area contributed by atoms with E-state index in [4.69, 9.17) is 16.3 Å². The summed E-state index contributed by atoms with van der Waals surface area (Å²) >= 11 is 5.65. The van der Waals surface area contributed by atoms with Crippen molar-refractivity contribution in [1.82, 2.24) is 9.13 Å². The smallest absolute Gasteiger partial charge is 0.376 e. The molecule has 152 valence electrons. The average molecular weight is 417 g/mol. The summed E-state index contributed by atoms with van der Waals surface area (Å²) in [6, 6.07) is 2.26. The molecule has 0 radical (unpaired) electrons. The summed E-state index contributed by atoms with van der Waals surface area (Å²) in [5.74, 6) is -0.454. The highest BCUT2D eigenvalue weighted by Crippen LogP contribution is 2.29. The lowest BCUT2D eigenvalue weighted by atomic mass is 10.1. The highest BCUT2D eigenvalue weighted by atomic mass is 35.5. The maximum atomic E-state index is 13.0. The molecule has 1 aliphatic rings. The third kappa shape index (κ3) is 4.17. The van der Waals surface area contributed by atoms with Crippen LogP contribution in [0.5, 0.6) is 0 Å². The molecule has 5 nitrogen and oxygen atoms in total. The molecule has 0 aliphatic carbocycles. The number of aryl methyl sites for hydroxylation is 1. The molecule has 0 bridgehead atoms. The van der Waals surface area contributed by atoms with Gasteiger partial charge < -0.3 is 13.9 Å². The van der Waals surface area contributed by atoms with E-state index in [2.05, 4.69) is 0 Å². The number of ketones is 1. The minimum absolute atomic E-state index is 0.0812. The zero-order chi connectivity index (χ0) is 20.6. The Balaban J connectivity index is 1.88. The lowest BCUT2D eigenvalue weighted by Gasteiger charge is -2.15. The van der Waals surface area contributed by atoms with Crippen LogP contribution in [0.2, 0.25) is 5.02 Å². The van der Waals surface area contributed by atoms with Crippen LogP contribution in [-0.4, -0.2) is 27.6 Å². The summed E-state index contributed by atoms with van der Waals surface area (Å²) in [4.78, 5) is 24.8. The molecule has 1 fully saturated rings. The van der Waals surface area contributed by atoms with Gasteiger partial charge >= 0.3 is 6.18 Å². The predicted octanol–water partition coefficient (Wildman–Crippen LogP) is 4.00. The molecule has 0 aromatic carbocycles. The molecule has 9 heteroatoms. The number of hydrogen-bond donors (Lipinski definition) is 0. The van der Waals surface area contributed by atoms with Gasteiger partial charge in [-0.15, -0.1) is 0 Å². The van der Waals surface area contributed by atoms with Gasteiger partial charge in [-0.1, -0.05) is 11.6 Å². The molecule has 0 unspecified atom stereocenters. The fourth-order valence-corrected chi connectivity index (χ4v) is 3.69. The number of hydrogen-bond acceptors (Lipinski definition) is 3. The normalized spacial score (nSPS) is 17.3. The van der Waals surface area contributed by atoms with Crippen LogP contribution in [0, 0.1) is 13.8 Å². The lowest BCUT2D eigenvalue weighted by molar-refractivity contribution is -0.138. The number of carbonyl (C=O) groups is 1. The van der Waals surface area contributed by atoms with Crippen LogP contribution in [0.1, 0.15) is 40.2 Å². The quantitative estimate of drug-likeness (QED) is 0.692. The van der Waals surface area contributed by atoms with Crippen molar-refractivity contribution >= 4 is 17.4 Å². The molecule has 28 heavy (non-hydrogen) atoms. The average Bonchev–Trinajstić information content (AvgIpc) is 3.21. The van der Waals surface area contributed by atoms with Gasteiger partial charge in [-0.05, 0) is 38.8 Å². The highest BCUT2D eigenvalue weighted by Gasteiger charge is 2.32. The van der Waals surface area contributed by atoms with E-state index in [1.165, 1.54) is 0 Å². The van der Waals surface area contributed by atoms with E-state index in [0.29, 0.717) is 34.6 Å². The second-order valence-corrected chi connectivity index (χ2v) is 7.37. The molecule has 2 aromatic heterocycles. The van der Waals surface area contributed by atoms with Crippen molar-refractivity contribution in [3.8, 4) is 0 Å². The van der Waals surface area contributed by atoms with Crippen LogP contribution in [0.3, 0.4) is 0 Å². The van der Waals surface area contributed by atoms with Crippen molar-refractivity contribution in [2.45, 2.75) is 52.1 Å². The SMILES string of the molecule is Cc1cc(C(=O)Cn2cc(C(F)(F)F)cc(Cl)c2=O)c(C)n1C[C@H]1CCCO1. The molecule has 1 saturated heterocycles. The summed E-state index contributed by atoms with van der Waals surface area (Å²) in [7, 11) is 0. The van der Waals surface area contributed by atoms with Gasteiger partial charge in [0.15, 0.2) is 5.78 Å². The van der Waals surface area contributed by atoms with E-state index in [-0.39, 0.29) is 6.10 Å². The largest absolute Gasteiger partial charge is 0.417 e. The number of carbonyl (C=O) groups excluding carboxylic acids is 1. The van der Waals surface area contributed by atoms with Gasteiger partial charge in [-0.2, -0.15) is 13.2 Å². The van der Waals surface area contributed by atoms with E-state index in [1.807, 2.05) is 11.5 Å². The minimum Gasteiger partial charge on any atom is -0.376 e. The first-order valence-corrected chi connectivity index (χ1v) is 9.24. The zero-order valence-electron chi connectivity index (χ0n) is 15.5. The van der Waals surface area contributed by atoms with Crippen LogP contribution in [-0.2, 0) is 24.0 Å². The molecule has 3 heterocycles. The summed E-state index contributed by atoms with van der Waals surface area (Å²) in [5, 5.41) is -0.577. The fourth-order valence-electron chi connectivity index (χ4n) is 3.47. The van der Waals surface area contributed by atoms with E-state index in [0.717, 1.165) is 25.1 Å². The Bertz CT molecular complexity index is 957. The molecule has 0 spiro atoms. The third-order valence-corrected chi connectivity index (χ3v) is 5.24. The van der Waals surface area contributed by atoms with Crippen molar-refractivity contribution < 1.29 is 22.7 Å². The van der Waals surface area contributed by atoms with Gasteiger partial charge in [-0.25, -0.2) is 0 Å². The van der Waals surface area contributed by atoms with Gasteiger partial charge in [0, 0.05) is 36.3 Å². The summed E-state index contributed by atoms with van der Waals surface area (Å²) < 4.78 is 47.2. The zero-order valence-corrected chi connectivity index (χ0v) is 16.2. The Labute approximate surface area is 164 Å². The van der Waals surface area contributed by atoms with Gasteiger partial charge in [0.05, 0.1) is 18.2 Å². The molecule has 0 saturated carbocycles. The highest BCUT2D eigenvalue weighted by molar-refractivity contribution is 6.30. The second-order valence-electron chi connectivity index (χ2n) is 6.96. The summed E-state index contributed by atoms with van der Waals surface area (Å²) in [6.45, 7) is 4.44. The molecule has 0 amide bonds. The monoisotopic (exact) mass is 416 g/mol. The van der Waals surface area contributed by atoms with Crippen molar-refractivity contribution in [3.05, 3.63) is 56.2 Å². The molecule has 2 aromatic rings. The van der Waals surface area contributed by atoms with Crippen LogP contribution < -0.4 is 5.56 Å². The van der Waals surface area contributed by atoms with Gasteiger partial charge in [0.2, 0.25) is 0 Å². The van der Waals surface area contributed by atoms with Crippen molar-refractivity contribution in [2.75, 3.05) is 6.61 Å². The number of rotatable bonds is 5. The van der Waals surface area contributed by atoms with E-state index in [9.17, 15) is 22.8 Å². The van der Waals surface area contributed by atoms with Crippen LogP contribution in [0.15, 0.2) is 23.1 Å². The molecule has 1 aliphatic heterocycles. The Morgan fingerprint density at radius 3 is 2.64 bits per heavy atom. The first-order valence-electron chi connectivity index (χ1n) is 8.86. The fraction of sp³-hybridized carbons (Fsp3) is 0.474. The lowest BCUT2D eigenvalue weighted by Crippen LogP contribution is -2.26. The second kappa shape index (κ2) is 7.75. The Kier molecular flexibility index (Phi) is 5.72. The van der Waals surface area contributed by atoms with E-state index >= 15 is 0 Å². The molecular weight excluding hydrogens is 397 g/mol. The molecule has 0 N–H and O–H groups in total. The number of pyridine rings is 1. The standard InChI is InChI=1S/C19H20ClF3N2O3/c1-11-6-15(12(2)25(11)9-14-4-3-5-28-14)17(26)10-24-8-13(19(21,22)23)7-16(20)18(24)27/h6-8,14H,3-5,9-10H2,1-2H3/t14-/m1/s1. The topological polar surface area (TPSA) is 53.2 Å². The van der Waals surface area contributed by atoms with Gasteiger partial charge in [0.25, 0.3) is 5.56 Å². The summed E-state index contributed by atoms with van der Waals surface area (Å²) in [6.07, 6.45) is -2.03. The van der Waals surface area contributed by atoms with E-state index in [1.54, 1.807) is 13.0 Å². The third-order valence-electron chi connectivity index (χ3n) is 4.97. The maximum Gasteiger partial charge on any atom is 0.417 e. The first kappa shape index (κ1) is 20.7. The van der Waals surface area contributed by atoms with Crippen LogP contribution in [0.4, 0.5) is 13.2 Å². The van der Waals surface area contributed by atoms with Gasteiger partial charge in [-0.3, -0.25) is 9.59 Å².